The zero-order valence-electron chi connectivity index (χ0n) is 16.1. The quantitative estimate of drug-likeness (QED) is 0.812. The van der Waals surface area contributed by atoms with Crippen LogP contribution < -0.4 is 10.6 Å². The maximum atomic E-state index is 15.1. The van der Waals surface area contributed by atoms with E-state index in [1.165, 1.54) is 15.8 Å². The Labute approximate surface area is 169 Å². The van der Waals surface area contributed by atoms with Crippen LogP contribution in [0.4, 0.5) is 14.9 Å². The summed E-state index contributed by atoms with van der Waals surface area (Å²) in [6, 6.07) is 8.70. The molecule has 1 amide bonds. The molecule has 0 unspecified atom stereocenters. The van der Waals surface area contributed by atoms with E-state index in [1.54, 1.807) is 11.3 Å². The highest BCUT2D eigenvalue weighted by atomic mass is 32.1. The van der Waals surface area contributed by atoms with Crippen molar-refractivity contribution in [3.05, 3.63) is 29.6 Å². The van der Waals surface area contributed by atoms with Gasteiger partial charge >= 0.3 is 6.09 Å². The summed E-state index contributed by atoms with van der Waals surface area (Å²) in [6.07, 6.45) is 1.61. The second-order valence-electron chi connectivity index (χ2n) is 7.98. The Morgan fingerprint density at radius 2 is 1.96 bits per heavy atom. The van der Waals surface area contributed by atoms with Crippen molar-refractivity contribution in [3.63, 3.8) is 0 Å². The first kappa shape index (κ1) is 19.5. The first-order chi connectivity index (χ1) is 13.5. The van der Waals surface area contributed by atoms with Crippen molar-refractivity contribution >= 4 is 33.2 Å². The van der Waals surface area contributed by atoms with Gasteiger partial charge in [-0.05, 0) is 55.7 Å². The highest BCUT2D eigenvalue weighted by molar-refractivity contribution is 7.17. The van der Waals surface area contributed by atoms with Crippen LogP contribution in [0.1, 0.15) is 32.1 Å². The van der Waals surface area contributed by atoms with Crippen LogP contribution in [-0.2, 0) is 4.74 Å². The fourth-order valence-electron chi connectivity index (χ4n) is 4.47. The molecule has 152 valence electrons. The summed E-state index contributed by atoms with van der Waals surface area (Å²) in [5.74, 6) is 0. The number of amides is 1. The Morgan fingerprint density at radius 1 is 1.21 bits per heavy atom. The smallest absolute Gasteiger partial charge is 0.404 e. The third kappa shape index (κ3) is 4.41. The van der Waals surface area contributed by atoms with Crippen molar-refractivity contribution in [1.29, 1.82) is 0 Å². The Morgan fingerprint density at radius 3 is 2.68 bits per heavy atom. The molecule has 1 saturated carbocycles. The van der Waals surface area contributed by atoms with Crippen LogP contribution in [0.15, 0.2) is 29.6 Å². The monoisotopic (exact) mass is 405 g/mol. The van der Waals surface area contributed by atoms with E-state index in [2.05, 4.69) is 39.4 Å². The van der Waals surface area contributed by atoms with Crippen molar-refractivity contribution < 1.29 is 13.9 Å². The van der Waals surface area contributed by atoms with E-state index in [1.807, 2.05) is 0 Å². The van der Waals surface area contributed by atoms with Crippen LogP contribution in [0.5, 0.6) is 0 Å². The number of ether oxygens (including phenoxy) is 1. The lowest BCUT2D eigenvalue weighted by Crippen LogP contribution is -2.48. The molecule has 0 bridgehead atoms. The van der Waals surface area contributed by atoms with Gasteiger partial charge in [0.1, 0.15) is 11.8 Å². The number of halogens is 1. The molecule has 2 fully saturated rings. The predicted molar refractivity (Wildman–Crippen MR) is 112 cm³/mol. The zero-order chi connectivity index (χ0) is 19.6. The fourth-order valence-corrected chi connectivity index (χ4v) is 5.27. The van der Waals surface area contributed by atoms with Gasteiger partial charge < -0.3 is 15.4 Å². The number of carbonyl (C=O) groups excluding carboxylic acids is 1. The summed E-state index contributed by atoms with van der Waals surface area (Å²) in [5, 5.41) is 3.48. The number of rotatable bonds is 5. The molecule has 1 aliphatic carbocycles. The van der Waals surface area contributed by atoms with Gasteiger partial charge in [0.05, 0.1) is 0 Å². The van der Waals surface area contributed by atoms with Crippen molar-refractivity contribution in [2.45, 2.75) is 43.9 Å². The summed E-state index contributed by atoms with van der Waals surface area (Å²) >= 11 is 1.78. The molecular formula is C21H28FN3O2S. The number of primary amides is 1. The highest BCUT2D eigenvalue weighted by Crippen LogP contribution is 2.36. The van der Waals surface area contributed by atoms with Gasteiger partial charge in [-0.25, -0.2) is 9.18 Å². The molecule has 0 spiro atoms. The molecule has 2 aromatic rings. The van der Waals surface area contributed by atoms with E-state index >= 15 is 4.39 Å². The van der Waals surface area contributed by atoms with Crippen LogP contribution >= 0.6 is 11.3 Å². The summed E-state index contributed by atoms with van der Waals surface area (Å²) < 4.78 is 21.5. The number of fused-ring (bicyclic) bond motifs is 1. The Kier molecular flexibility index (Phi) is 5.73. The van der Waals surface area contributed by atoms with Gasteiger partial charge in [-0.2, -0.15) is 0 Å². The number of thiophene rings is 1. The number of benzene rings is 1. The molecule has 28 heavy (non-hydrogen) atoms. The fraction of sp³-hybridized carbons (Fsp3) is 0.571. The van der Waals surface area contributed by atoms with Crippen LogP contribution in [-0.4, -0.2) is 55.5 Å². The van der Waals surface area contributed by atoms with E-state index in [0.29, 0.717) is 32.1 Å². The summed E-state index contributed by atoms with van der Waals surface area (Å²) in [4.78, 5) is 15.7. The van der Waals surface area contributed by atoms with Gasteiger partial charge in [-0.3, -0.25) is 4.90 Å². The molecule has 1 aliphatic heterocycles. The maximum Gasteiger partial charge on any atom is 0.404 e. The molecule has 4 rings (SSSR count). The average molecular weight is 406 g/mol. The van der Waals surface area contributed by atoms with E-state index in [0.717, 1.165) is 32.7 Å². The van der Waals surface area contributed by atoms with Crippen molar-refractivity contribution in [2.75, 3.05) is 37.6 Å². The minimum atomic E-state index is -1.14. The summed E-state index contributed by atoms with van der Waals surface area (Å²) in [6.45, 7) is 4.66. The predicted octanol–water partition coefficient (Wildman–Crippen LogP) is 4.16. The van der Waals surface area contributed by atoms with Gasteiger partial charge in [-0.1, -0.05) is 6.07 Å². The zero-order valence-corrected chi connectivity index (χ0v) is 16.9. The van der Waals surface area contributed by atoms with E-state index in [4.69, 9.17) is 10.5 Å². The Balaban J connectivity index is 1.25. The van der Waals surface area contributed by atoms with E-state index in [-0.39, 0.29) is 6.10 Å². The lowest BCUT2D eigenvalue weighted by molar-refractivity contribution is 0.0120. The van der Waals surface area contributed by atoms with Crippen molar-refractivity contribution in [2.24, 2.45) is 5.73 Å². The summed E-state index contributed by atoms with van der Waals surface area (Å²) in [7, 11) is 0. The molecule has 2 heterocycles. The number of alkyl halides is 1. The number of hydrogen-bond acceptors (Lipinski definition) is 5. The molecule has 1 aromatic carbocycles. The van der Waals surface area contributed by atoms with Gasteiger partial charge in [0.2, 0.25) is 0 Å². The molecule has 2 N–H and O–H groups in total. The number of nitrogens with zero attached hydrogens (tertiary/aromatic N) is 2. The third-order valence-electron chi connectivity index (χ3n) is 6.17. The molecule has 7 heteroatoms. The number of nitrogens with two attached hydrogens (primary N) is 1. The van der Waals surface area contributed by atoms with E-state index < -0.39 is 11.8 Å². The molecule has 2 aliphatic rings. The Hall–Kier alpha value is -1.86. The standard InChI is InChI=1S/C21H28FN3O2S/c22-21(7-4-16(5-8-21)27-20(23)26)9-10-24-11-13-25(14-12-24)18-2-1-3-19-17(18)6-15-28-19/h1-3,6,15-16H,4-5,7-14H2,(H2,23,26). The maximum absolute atomic E-state index is 15.1. The minimum absolute atomic E-state index is 0.218. The Bertz CT molecular complexity index is 811. The van der Waals surface area contributed by atoms with Gasteiger partial charge in [0.25, 0.3) is 0 Å². The normalized spacial score (nSPS) is 26.5. The first-order valence-electron chi connectivity index (χ1n) is 10.1. The molecule has 0 radical (unpaired) electrons. The molecule has 0 atom stereocenters. The van der Waals surface area contributed by atoms with Gasteiger partial charge in [0, 0.05) is 48.5 Å². The number of hydrogen-bond donors (Lipinski definition) is 1. The van der Waals surface area contributed by atoms with Crippen LogP contribution in [0.3, 0.4) is 0 Å². The number of piperazine rings is 1. The highest BCUT2D eigenvalue weighted by Gasteiger charge is 2.36. The van der Waals surface area contributed by atoms with Gasteiger partial charge in [-0.15, -0.1) is 11.3 Å². The SMILES string of the molecule is NC(=O)OC1CCC(F)(CCN2CCN(c3cccc4sccc34)CC2)CC1. The van der Waals surface area contributed by atoms with Crippen molar-refractivity contribution in [1.82, 2.24) is 4.90 Å². The third-order valence-corrected chi connectivity index (χ3v) is 7.06. The average Bonchev–Trinajstić information content (AvgIpc) is 3.18. The lowest BCUT2D eigenvalue weighted by Gasteiger charge is -2.39. The molecule has 1 aromatic heterocycles. The second-order valence-corrected chi connectivity index (χ2v) is 8.92. The van der Waals surface area contributed by atoms with Crippen LogP contribution in [0.25, 0.3) is 10.1 Å². The largest absolute Gasteiger partial charge is 0.446 e. The number of anilines is 1. The topological polar surface area (TPSA) is 58.8 Å². The van der Waals surface area contributed by atoms with Crippen molar-refractivity contribution in [3.8, 4) is 0 Å². The van der Waals surface area contributed by atoms with Crippen LogP contribution in [0, 0.1) is 0 Å². The lowest BCUT2D eigenvalue weighted by atomic mass is 9.82. The summed E-state index contributed by atoms with van der Waals surface area (Å²) in [5.41, 5.74) is 5.23. The first-order valence-corrected chi connectivity index (χ1v) is 11.0. The van der Waals surface area contributed by atoms with Gasteiger partial charge in [0.15, 0.2) is 0 Å². The number of carbonyl (C=O) groups is 1. The van der Waals surface area contributed by atoms with Crippen LogP contribution in [0.2, 0.25) is 0 Å². The molecule has 5 nitrogen and oxygen atoms in total. The molecular weight excluding hydrogens is 377 g/mol. The van der Waals surface area contributed by atoms with E-state index in [9.17, 15) is 4.79 Å². The molecule has 1 saturated heterocycles. The minimum Gasteiger partial charge on any atom is -0.446 e. The second kappa shape index (κ2) is 8.25.